The summed E-state index contributed by atoms with van der Waals surface area (Å²) in [5, 5.41) is 3.27. The lowest BCUT2D eigenvalue weighted by atomic mass is 10.1. The molecule has 0 fully saturated rings. The maximum absolute atomic E-state index is 11.5. The van der Waals surface area contributed by atoms with Crippen LogP contribution in [-0.2, 0) is 0 Å². The first-order chi connectivity index (χ1) is 9.51. The highest BCUT2D eigenvalue weighted by molar-refractivity contribution is 5.55. The molecule has 0 unspecified atom stereocenters. The Labute approximate surface area is 116 Å². The molecular weight excluding hydrogens is 258 g/mol. The van der Waals surface area contributed by atoms with E-state index in [1.807, 2.05) is 26.0 Å². The van der Waals surface area contributed by atoms with Gasteiger partial charge in [0.05, 0.1) is 23.8 Å². The van der Waals surface area contributed by atoms with Crippen LogP contribution in [0.1, 0.15) is 19.4 Å². The van der Waals surface area contributed by atoms with Crippen molar-refractivity contribution in [2.75, 3.05) is 7.11 Å². The second kappa shape index (κ2) is 5.69. The molecule has 0 amide bonds. The lowest BCUT2D eigenvalue weighted by Gasteiger charge is -2.13. The number of benzene rings is 1. The SMILES string of the molecule is C=c1[nH]oc(=O)c1=Cc1ccc(OC(C)C)c(OC)c1. The van der Waals surface area contributed by atoms with E-state index >= 15 is 0 Å². The molecule has 0 aliphatic rings. The van der Waals surface area contributed by atoms with Crippen LogP contribution in [0.2, 0.25) is 0 Å². The summed E-state index contributed by atoms with van der Waals surface area (Å²) in [4.78, 5) is 11.5. The number of hydrogen-bond donors (Lipinski definition) is 1. The molecule has 1 aromatic heterocycles. The van der Waals surface area contributed by atoms with Gasteiger partial charge in [-0.3, -0.25) is 0 Å². The Morgan fingerprint density at radius 2 is 2.10 bits per heavy atom. The van der Waals surface area contributed by atoms with Crippen molar-refractivity contribution >= 4 is 12.7 Å². The fourth-order valence-corrected chi connectivity index (χ4v) is 1.78. The molecular formula is C15H17NO4. The number of aromatic nitrogens is 1. The lowest BCUT2D eigenvalue weighted by Crippen LogP contribution is -2.31. The van der Waals surface area contributed by atoms with E-state index < -0.39 is 5.63 Å². The van der Waals surface area contributed by atoms with Gasteiger partial charge in [0, 0.05) is 0 Å². The van der Waals surface area contributed by atoms with E-state index in [9.17, 15) is 4.79 Å². The van der Waals surface area contributed by atoms with Crippen molar-refractivity contribution in [3.8, 4) is 11.5 Å². The smallest absolute Gasteiger partial charge is 0.365 e. The van der Waals surface area contributed by atoms with Gasteiger partial charge in [0.2, 0.25) is 0 Å². The molecule has 20 heavy (non-hydrogen) atoms. The minimum Gasteiger partial charge on any atom is -0.493 e. The molecule has 2 aromatic rings. The minimum atomic E-state index is -0.448. The standard InChI is InChI=1S/C15H17NO4/c1-9(2)19-13-6-5-11(8-14(13)18-4)7-12-10(3)16-20-15(12)17/h5-9,16H,3H2,1-2,4H3. The fraction of sp³-hybridized carbons (Fsp3) is 0.267. The van der Waals surface area contributed by atoms with E-state index in [1.165, 1.54) is 0 Å². The molecule has 0 atom stereocenters. The van der Waals surface area contributed by atoms with Crippen LogP contribution in [0, 0.1) is 0 Å². The molecule has 0 bridgehead atoms. The molecule has 0 saturated carbocycles. The van der Waals surface area contributed by atoms with Gasteiger partial charge in [0.25, 0.3) is 0 Å². The topological polar surface area (TPSA) is 64.5 Å². The molecule has 2 rings (SSSR count). The summed E-state index contributed by atoms with van der Waals surface area (Å²) >= 11 is 0. The zero-order valence-electron chi connectivity index (χ0n) is 11.7. The van der Waals surface area contributed by atoms with Gasteiger partial charge in [-0.2, -0.15) is 0 Å². The van der Waals surface area contributed by atoms with E-state index in [4.69, 9.17) is 9.47 Å². The Bertz CT molecular complexity index is 724. The third-order valence-electron chi connectivity index (χ3n) is 2.67. The van der Waals surface area contributed by atoms with Crippen LogP contribution < -0.4 is 25.7 Å². The Morgan fingerprint density at radius 1 is 1.35 bits per heavy atom. The van der Waals surface area contributed by atoms with Crippen LogP contribution in [0.15, 0.2) is 27.5 Å². The molecule has 5 nitrogen and oxygen atoms in total. The zero-order chi connectivity index (χ0) is 14.7. The van der Waals surface area contributed by atoms with Gasteiger partial charge in [-0.15, -0.1) is 0 Å². The van der Waals surface area contributed by atoms with Crippen molar-refractivity contribution in [3.05, 3.63) is 44.8 Å². The van der Waals surface area contributed by atoms with Crippen molar-refractivity contribution < 1.29 is 14.0 Å². The fourth-order valence-electron chi connectivity index (χ4n) is 1.78. The summed E-state index contributed by atoms with van der Waals surface area (Å²) in [5.41, 5.74) is 0.353. The predicted molar refractivity (Wildman–Crippen MR) is 76.4 cm³/mol. The second-order valence-electron chi connectivity index (χ2n) is 4.61. The summed E-state index contributed by atoms with van der Waals surface area (Å²) < 4.78 is 15.6. The number of ether oxygens (including phenoxy) is 2. The summed E-state index contributed by atoms with van der Waals surface area (Å²) in [6.45, 7) is 7.59. The van der Waals surface area contributed by atoms with E-state index in [0.717, 1.165) is 5.56 Å². The van der Waals surface area contributed by atoms with Crippen LogP contribution in [0.3, 0.4) is 0 Å². The van der Waals surface area contributed by atoms with Crippen LogP contribution in [0.4, 0.5) is 0 Å². The summed E-state index contributed by atoms with van der Waals surface area (Å²) in [5.74, 6) is 1.27. The van der Waals surface area contributed by atoms with Crippen LogP contribution >= 0.6 is 0 Å². The highest BCUT2D eigenvalue weighted by atomic mass is 16.5. The van der Waals surface area contributed by atoms with Gasteiger partial charge < -0.3 is 14.0 Å². The number of nitrogens with one attached hydrogen (secondary N) is 1. The van der Waals surface area contributed by atoms with Crippen molar-refractivity contribution in [2.45, 2.75) is 20.0 Å². The van der Waals surface area contributed by atoms with Crippen molar-refractivity contribution in [2.24, 2.45) is 0 Å². The van der Waals surface area contributed by atoms with Crippen molar-refractivity contribution in [1.82, 2.24) is 5.16 Å². The molecule has 106 valence electrons. The Morgan fingerprint density at radius 3 is 2.65 bits per heavy atom. The highest BCUT2D eigenvalue weighted by Gasteiger charge is 2.07. The van der Waals surface area contributed by atoms with Gasteiger partial charge in [0.15, 0.2) is 11.5 Å². The number of hydrogen-bond acceptors (Lipinski definition) is 4. The van der Waals surface area contributed by atoms with Gasteiger partial charge in [0.1, 0.15) is 0 Å². The third kappa shape index (κ3) is 2.93. The molecule has 5 heteroatoms. The van der Waals surface area contributed by atoms with Gasteiger partial charge in [-0.1, -0.05) is 12.6 Å². The highest BCUT2D eigenvalue weighted by Crippen LogP contribution is 2.29. The first-order valence-corrected chi connectivity index (χ1v) is 6.24. The summed E-state index contributed by atoms with van der Waals surface area (Å²) in [6.07, 6.45) is 1.74. The first kappa shape index (κ1) is 14.0. The van der Waals surface area contributed by atoms with Gasteiger partial charge >= 0.3 is 5.63 Å². The maximum atomic E-state index is 11.5. The van der Waals surface area contributed by atoms with Crippen molar-refractivity contribution in [1.29, 1.82) is 0 Å². The normalized spacial score (nSPS) is 11.9. The zero-order valence-corrected chi connectivity index (χ0v) is 11.7. The number of rotatable bonds is 4. The number of methoxy groups -OCH3 is 1. The lowest BCUT2D eigenvalue weighted by molar-refractivity contribution is 0.230. The average Bonchev–Trinajstić information content (AvgIpc) is 2.71. The van der Waals surface area contributed by atoms with Crippen molar-refractivity contribution in [3.63, 3.8) is 0 Å². The van der Waals surface area contributed by atoms with Gasteiger partial charge in [-0.05, 0) is 37.6 Å². The second-order valence-corrected chi connectivity index (χ2v) is 4.61. The molecule has 0 aliphatic carbocycles. The number of H-pyrrole nitrogens is 1. The molecule has 0 radical (unpaired) electrons. The van der Waals surface area contributed by atoms with E-state index in [0.29, 0.717) is 22.1 Å². The molecule has 0 spiro atoms. The molecule has 1 heterocycles. The maximum Gasteiger partial charge on any atom is 0.365 e. The first-order valence-electron chi connectivity index (χ1n) is 6.24. The molecule has 1 N–H and O–H groups in total. The largest absolute Gasteiger partial charge is 0.493 e. The summed E-state index contributed by atoms with van der Waals surface area (Å²) in [7, 11) is 1.57. The molecule has 0 aliphatic heterocycles. The van der Waals surface area contributed by atoms with Crippen LogP contribution in [0.5, 0.6) is 11.5 Å². The molecule has 1 aromatic carbocycles. The van der Waals surface area contributed by atoms with Crippen LogP contribution in [0.25, 0.3) is 12.7 Å². The van der Waals surface area contributed by atoms with Crippen LogP contribution in [-0.4, -0.2) is 18.4 Å². The van der Waals surface area contributed by atoms with E-state index in [2.05, 4.69) is 16.3 Å². The molecule has 0 saturated heterocycles. The third-order valence-corrected chi connectivity index (χ3v) is 2.67. The van der Waals surface area contributed by atoms with E-state index in [1.54, 1.807) is 19.3 Å². The van der Waals surface area contributed by atoms with Gasteiger partial charge in [-0.25, -0.2) is 9.95 Å². The quantitative estimate of drug-likeness (QED) is 0.904. The minimum absolute atomic E-state index is 0.0573. The summed E-state index contributed by atoms with van der Waals surface area (Å²) in [6, 6.07) is 5.44. The number of aromatic amines is 1. The average molecular weight is 275 g/mol. The van der Waals surface area contributed by atoms with E-state index in [-0.39, 0.29) is 6.10 Å². The monoisotopic (exact) mass is 275 g/mol. The predicted octanol–water partition coefficient (Wildman–Crippen LogP) is 1.00. The Hall–Kier alpha value is -2.43. The Kier molecular flexibility index (Phi) is 3.98. The Balaban J connectivity index is 2.48.